The number of aromatic amines is 1. The summed E-state index contributed by atoms with van der Waals surface area (Å²) in [5.41, 5.74) is 5.66. The van der Waals surface area contributed by atoms with Gasteiger partial charge in [0, 0.05) is 12.1 Å². The van der Waals surface area contributed by atoms with Crippen molar-refractivity contribution in [3.05, 3.63) is 78.4 Å². The van der Waals surface area contributed by atoms with E-state index in [9.17, 15) is 0 Å². The van der Waals surface area contributed by atoms with Crippen LogP contribution < -0.4 is 4.90 Å². The first-order chi connectivity index (χ1) is 16.6. The molecule has 5 rings (SSSR count). The molecule has 0 spiro atoms. The molecular formula is C27H28N6O. The average Bonchev–Trinajstić information content (AvgIpc) is 3.54. The lowest BCUT2D eigenvalue weighted by Crippen LogP contribution is -2.42. The van der Waals surface area contributed by atoms with E-state index in [0.29, 0.717) is 11.8 Å². The van der Waals surface area contributed by atoms with Crippen molar-refractivity contribution in [2.45, 2.75) is 39.2 Å². The molecule has 7 heteroatoms. The number of anilines is 1. The van der Waals surface area contributed by atoms with Gasteiger partial charge in [-0.15, -0.1) is 10.2 Å². The van der Waals surface area contributed by atoms with Crippen molar-refractivity contribution in [3.63, 3.8) is 0 Å². The first-order valence-corrected chi connectivity index (χ1v) is 11.6. The quantitative estimate of drug-likeness (QED) is 0.301. The second-order valence-electron chi connectivity index (χ2n) is 8.89. The minimum Gasteiger partial charge on any atom is -0.423 e. The standard InChI is InChI=1S/C27H28N6O/c1-4-5-18-33(26-28-23-12-8-9-13-24(23)34-26)27(2,3)20-16-14-19(15-17-20)21-10-6-7-11-22(21)25-29-31-32-30-25/h6-17H,4-5,18H2,1-3H3,(H,29,30,31,32). The third kappa shape index (κ3) is 4.05. The lowest BCUT2D eigenvalue weighted by atomic mass is 9.89. The molecule has 0 amide bonds. The van der Waals surface area contributed by atoms with Crippen molar-refractivity contribution < 1.29 is 4.42 Å². The maximum absolute atomic E-state index is 6.18. The number of aromatic nitrogens is 5. The van der Waals surface area contributed by atoms with Crippen molar-refractivity contribution in [3.8, 4) is 22.5 Å². The molecule has 0 fully saturated rings. The lowest BCUT2D eigenvalue weighted by Gasteiger charge is -2.38. The Morgan fingerprint density at radius 3 is 2.35 bits per heavy atom. The SMILES string of the molecule is CCCCN(c1nc2ccccc2o1)C(C)(C)c1ccc(-c2ccccc2-c2nn[nH]n2)cc1. The van der Waals surface area contributed by atoms with E-state index in [1.54, 1.807) is 0 Å². The molecule has 0 aliphatic carbocycles. The molecule has 0 bridgehead atoms. The van der Waals surface area contributed by atoms with E-state index in [-0.39, 0.29) is 5.54 Å². The Kier molecular flexibility index (Phi) is 5.84. The van der Waals surface area contributed by atoms with Gasteiger partial charge in [-0.1, -0.05) is 74.0 Å². The van der Waals surface area contributed by atoms with Crippen LogP contribution >= 0.6 is 0 Å². The highest BCUT2D eigenvalue weighted by molar-refractivity contribution is 5.80. The van der Waals surface area contributed by atoms with Crippen LogP contribution in [0.25, 0.3) is 33.6 Å². The van der Waals surface area contributed by atoms with Gasteiger partial charge in [0.2, 0.25) is 5.82 Å². The Balaban J connectivity index is 1.50. The van der Waals surface area contributed by atoms with Gasteiger partial charge in [-0.2, -0.15) is 10.2 Å². The Morgan fingerprint density at radius 2 is 1.65 bits per heavy atom. The highest BCUT2D eigenvalue weighted by Crippen LogP contribution is 2.36. The number of tetrazole rings is 1. The molecular weight excluding hydrogens is 424 g/mol. The number of rotatable bonds is 8. The van der Waals surface area contributed by atoms with Crippen LogP contribution in [-0.4, -0.2) is 32.2 Å². The molecule has 0 saturated heterocycles. The monoisotopic (exact) mass is 452 g/mol. The van der Waals surface area contributed by atoms with Crippen LogP contribution in [0.2, 0.25) is 0 Å². The Labute approximate surface area is 198 Å². The van der Waals surface area contributed by atoms with Gasteiger partial charge in [-0.25, -0.2) is 0 Å². The molecule has 0 unspecified atom stereocenters. The molecule has 0 aliphatic rings. The highest BCUT2D eigenvalue weighted by Gasteiger charge is 2.32. The van der Waals surface area contributed by atoms with Gasteiger partial charge in [0.1, 0.15) is 5.52 Å². The molecule has 7 nitrogen and oxygen atoms in total. The number of H-pyrrole nitrogens is 1. The fourth-order valence-corrected chi connectivity index (χ4v) is 4.33. The van der Waals surface area contributed by atoms with E-state index in [0.717, 1.165) is 47.2 Å². The van der Waals surface area contributed by atoms with Crippen molar-refractivity contribution >= 4 is 17.1 Å². The van der Waals surface area contributed by atoms with Gasteiger partial charge in [0.25, 0.3) is 6.01 Å². The number of nitrogens with zero attached hydrogens (tertiary/aromatic N) is 5. The summed E-state index contributed by atoms with van der Waals surface area (Å²) in [5.74, 6) is 0.585. The smallest absolute Gasteiger partial charge is 0.299 e. The molecule has 0 atom stereocenters. The normalized spacial score (nSPS) is 11.7. The number of hydrogen-bond donors (Lipinski definition) is 1. The zero-order chi connectivity index (χ0) is 23.5. The number of fused-ring (bicyclic) bond motifs is 1. The zero-order valence-corrected chi connectivity index (χ0v) is 19.7. The summed E-state index contributed by atoms with van der Waals surface area (Å²) in [6.45, 7) is 7.51. The Hall–Kier alpha value is -4.00. The van der Waals surface area contributed by atoms with Crippen LogP contribution in [0.5, 0.6) is 0 Å². The summed E-state index contributed by atoms with van der Waals surface area (Å²) in [6.07, 6.45) is 2.15. The number of hydrogen-bond acceptors (Lipinski definition) is 6. The van der Waals surface area contributed by atoms with E-state index in [1.165, 1.54) is 5.56 Å². The highest BCUT2D eigenvalue weighted by atomic mass is 16.4. The van der Waals surface area contributed by atoms with Crippen LogP contribution in [0.1, 0.15) is 39.2 Å². The molecule has 3 aromatic carbocycles. The molecule has 0 saturated carbocycles. The fourth-order valence-electron chi connectivity index (χ4n) is 4.33. The van der Waals surface area contributed by atoms with Crippen LogP contribution in [0, 0.1) is 0 Å². The van der Waals surface area contributed by atoms with Crippen LogP contribution in [0.4, 0.5) is 6.01 Å². The number of benzene rings is 3. The van der Waals surface area contributed by atoms with Gasteiger partial charge in [-0.3, -0.25) is 0 Å². The van der Waals surface area contributed by atoms with Crippen molar-refractivity contribution in [2.24, 2.45) is 0 Å². The zero-order valence-electron chi connectivity index (χ0n) is 19.7. The summed E-state index contributed by atoms with van der Waals surface area (Å²) in [5, 5.41) is 14.6. The molecule has 5 aromatic rings. The largest absolute Gasteiger partial charge is 0.423 e. The van der Waals surface area contributed by atoms with E-state index < -0.39 is 0 Å². The number of para-hydroxylation sites is 2. The predicted molar refractivity (Wildman–Crippen MR) is 134 cm³/mol. The van der Waals surface area contributed by atoms with E-state index in [2.05, 4.69) is 76.6 Å². The summed E-state index contributed by atoms with van der Waals surface area (Å²) < 4.78 is 6.18. The molecule has 0 aliphatic heterocycles. The molecule has 34 heavy (non-hydrogen) atoms. The predicted octanol–water partition coefficient (Wildman–Crippen LogP) is 6.22. The number of unbranched alkanes of at least 4 members (excludes halogenated alkanes) is 1. The van der Waals surface area contributed by atoms with Gasteiger partial charge in [-0.05, 0) is 54.3 Å². The maximum Gasteiger partial charge on any atom is 0.299 e. The van der Waals surface area contributed by atoms with Crippen LogP contribution in [0.3, 0.4) is 0 Å². The molecule has 0 radical (unpaired) electrons. The third-order valence-electron chi connectivity index (χ3n) is 6.34. The van der Waals surface area contributed by atoms with E-state index in [1.807, 2.05) is 42.5 Å². The van der Waals surface area contributed by atoms with Gasteiger partial charge in [0.05, 0.1) is 5.54 Å². The minimum atomic E-state index is -0.318. The second kappa shape index (κ2) is 9.09. The third-order valence-corrected chi connectivity index (χ3v) is 6.34. The second-order valence-corrected chi connectivity index (χ2v) is 8.89. The fraction of sp³-hybridized carbons (Fsp3) is 0.259. The lowest BCUT2D eigenvalue weighted by molar-refractivity contribution is 0.426. The van der Waals surface area contributed by atoms with E-state index in [4.69, 9.17) is 9.40 Å². The van der Waals surface area contributed by atoms with Crippen LogP contribution in [-0.2, 0) is 5.54 Å². The van der Waals surface area contributed by atoms with E-state index >= 15 is 0 Å². The summed E-state index contributed by atoms with van der Waals surface area (Å²) >= 11 is 0. The first kappa shape index (κ1) is 21.8. The van der Waals surface area contributed by atoms with Crippen molar-refractivity contribution in [2.75, 3.05) is 11.4 Å². The van der Waals surface area contributed by atoms with Crippen molar-refractivity contribution in [1.82, 2.24) is 25.6 Å². The number of oxazole rings is 1. The topological polar surface area (TPSA) is 83.7 Å². The minimum absolute atomic E-state index is 0.318. The van der Waals surface area contributed by atoms with Gasteiger partial charge < -0.3 is 9.32 Å². The summed E-state index contributed by atoms with van der Waals surface area (Å²) in [4.78, 5) is 7.08. The molecule has 2 aromatic heterocycles. The average molecular weight is 453 g/mol. The summed E-state index contributed by atoms with van der Waals surface area (Å²) in [7, 11) is 0. The number of nitrogens with one attached hydrogen (secondary N) is 1. The summed E-state index contributed by atoms with van der Waals surface area (Å²) in [6, 6.07) is 25.4. The van der Waals surface area contributed by atoms with Crippen molar-refractivity contribution in [1.29, 1.82) is 0 Å². The maximum atomic E-state index is 6.18. The Morgan fingerprint density at radius 1 is 0.912 bits per heavy atom. The van der Waals surface area contributed by atoms with Gasteiger partial charge >= 0.3 is 0 Å². The first-order valence-electron chi connectivity index (χ1n) is 11.6. The molecule has 2 heterocycles. The molecule has 1 N–H and O–H groups in total. The van der Waals surface area contributed by atoms with Crippen LogP contribution in [0.15, 0.2) is 77.2 Å². The van der Waals surface area contributed by atoms with Gasteiger partial charge in [0.15, 0.2) is 5.58 Å². The Bertz CT molecular complexity index is 1340. The molecule has 172 valence electrons.